The van der Waals surface area contributed by atoms with Gasteiger partial charge in [-0.25, -0.2) is 0 Å². The van der Waals surface area contributed by atoms with Crippen LogP contribution >= 0.6 is 0 Å². The van der Waals surface area contributed by atoms with Gasteiger partial charge >= 0.3 is 6.18 Å². The van der Waals surface area contributed by atoms with Crippen LogP contribution in [0.25, 0.3) is 5.76 Å². The smallest absolute Gasteiger partial charge is 0.454 e. The Morgan fingerprint density at radius 1 is 1.29 bits per heavy atom. The van der Waals surface area contributed by atoms with Gasteiger partial charge in [0.1, 0.15) is 5.76 Å². The number of benzene rings is 1. The normalized spacial score (nSPS) is 12.4. The van der Waals surface area contributed by atoms with Gasteiger partial charge in [0.05, 0.1) is 7.11 Å². The average Bonchev–Trinajstić information content (AvgIpc) is 2.25. The van der Waals surface area contributed by atoms with Gasteiger partial charge in [-0.05, 0) is 12.5 Å². The first-order valence-electron chi connectivity index (χ1n) is 4.79. The standard InChI is InChI=1S/C12H11F3O2/c1-8-5-3-4-6-9(8)10(17-2)7-11(16)12(13,14)15/h3-7H,1-2H3/b10-7-. The molecule has 0 saturated heterocycles. The molecule has 0 aliphatic heterocycles. The molecular formula is C12H11F3O2. The molecule has 0 spiro atoms. The lowest BCUT2D eigenvalue weighted by molar-refractivity contribution is -0.165. The number of allylic oxidation sites excluding steroid dienone is 1. The lowest BCUT2D eigenvalue weighted by Gasteiger charge is -2.09. The maximum Gasteiger partial charge on any atom is 0.454 e. The molecule has 0 heterocycles. The highest BCUT2D eigenvalue weighted by Gasteiger charge is 2.37. The molecular weight excluding hydrogens is 233 g/mol. The van der Waals surface area contributed by atoms with Crippen molar-refractivity contribution in [1.82, 2.24) is 0 Å². The number of ether oxygens (including phenoxy) is 1. The van der Waals surface area contributed by atoms with Crippen molar-refractivity contribution in [2.45, 2.75) is 13.1 Å². The monoisotopic (exact) mass is 244 g/mol. The molecule has 1 aromatic carbocycles. The summed E-state index contributed by atoms with van der Waals surface area (Å²) in [4.78, 5) is 10.8. The van der Waals surface area contributed by atoms with E-state index < -0.39 is 12.0 Å². The van der Waals surface area contributed by atoms with E-state index in [9.17, 15) is 18.0 Å². The zero-order valence-corrected chi connectivity index (χ0v) is 9.34. The second-order valence-electron chi connectivity index (χ2n) is 3.39. The average molecular weight is 244 g/mol. The number of carbonyl (C=O) groups is 1. The first kappa shape index (κ1) is 13.3. The Hall–Kier alpha value is -1.78. The van der Waals surface area contributed by atoms with Crippen molar-refractivity contribution < 1.29 is 22.7 Å². The molecule has 1 rings (SSSR count). The molecule has 92 valence electrons. The van der Waals surface area contributed by atoms with E-state index in [2.05, 4.69) is 0 Å². The number of ketones is 1. The number of aryl methyl sites for hydroxylation is 1. The quantitative estimate of drug-likeness (QED) is 0.603. The molecule has 0 atom stereocenters. The summed E-state index contributed by atoms with van der Waals surface area (Å²) in [6.07, 6.45) is -4.42. The third-order valence-electron chi connectivity index (χ3n) is 2.17. The molecule has 0 fully saturated rings. The molecule has 5 heteroatoms. The number of hydrogen-bond donors (Lipinski definition) is 0. The van der Waals surface area contributed by atoms with Crippen LogP contribution in [0.1, 0.15) is 11.1 Å². The Morgan fingerprint density at radius 2 is 1.88 bits per heavy atom. The molecule has 2 nitrogen and oxygen atoms in total. The maximum atomic E-state index is 12.1. The van der Waals surface area contributed by atoms with Crippen LogP contribution in [0.3, 0.4) is 0 Å². The number of carbonyl (C=O) groups excluding carboxylic acids is 1. The molecule has 17 heavy (non-hydrogen) atoms. The van der Waals surface area contributed by atoms with Crippen LogP contribution in [0.15, 0.2) is 30.3 Å². The molecule has 0 amide bonds. The molecule has 0 aliphatic carbocycles. The summed E-state index contributed by atoms with van der Waals surface area (Å²) in [6.45, 7) is 1.72. The predicted molar refractivity (Wildman–Crippen MR) is 57.2 cm³/mol. The van der Waals surface area contributed by atoms with E-state index in [1.165, 1.54) is 7.11 Å². The van der Waals surface area contributed by atoms with Gasteiger partial charge in [0.25, 0.3) is 5.78 Å². The third kappa shape index (κ3) is 3.34. The second-order valence-corrected chi connectivity index (χ2v) is 3.39. The summed E-state index contributed by atoms with van der Waals surface area (Å²) in [5.41, 5.74) is 1.20. The van der Waals surface area contributed by atoms with Gasteiger partial charge < -0.3 is 4.74 Å². The van der Waals surface area contributed by atoms with E-state index in [0.717, 1.165) is 5.56 Å². The van der Waals surface area contributed by atoms with Crippen LogP contribution in [0.4, 0.5) is 13.2 Å². The van der Waals surface area contributed by atoms with Crippen molar-refractivity contribution in [3.8, 4) is 0 Å². The fourth-order valence-corrected chi connectivity index (χ4v) is 1.30. The van der Waals surface area contributed by atoms with Gasteiger partial charge in [0.2, 0.25) is 0 Å². The van der Waals surface area contributed by atoms with Gasteiger partial charge in [0, 0.05) is 11.6 Å². The lowest BCUT2D eigenvalue weighted by atomic mass is 10.1. The topological polar surface area (TPSA) is 26.3 Å². The second kappa shape index (κ2) is 5.03. The molecule has 1 aromatic rings. The van der Waals surface area contributed by atoms with E-state index >= 15 is 0 Å². The summed E-state index contributed by atoms with van der Waals surface area (Å²) < 4.78 is 41.2. The Morgan fingerprint density at radius 3 is 2.35 bits per heavy atom. The van der Waals surface area contributed by atoms with Gasteiger partial charge in [0.15, 0.2) is 0 Å². The fourth-order valence-electron chi connectivity index (χ4n) is 1.30. The predicted octanol–water partition coefficient (Wildman–Crippen LogP) is 3.11. The highest BCUT2D eigenvalue weighted by Crippen LogP contribution is 2.23. The molecule has 0 bridgehead atoms. The van der Waals surface area contributed by atoms with Crippen LogP contribution in [0.2, 0.25) is 0 Å². The third-order valence-corrected chi connectivity index (χ3v) is 2.17. The summed E-state index contributed by atoms with van der Waals surface area (Å²) in [5.74, 6) is -2.02. The minimum Gasteiger partial charge on any atom is -0.496 e. The zero-order valence-electron chi connectivity index (χ0n) is 9.34. The van der Waals surface area contributed by atoms with Crippen molar-refractivity contribution in [1.29, 1.82) is 0 Å². The molecule has 0 aliphatic rings. The lowest BCUT2D eigenvalue weighted by Crippen LogP contribution is -2.20. The summed E-state index contributed by atoms with van der Waals surface area (Å²) in [6, 6.07) is 6.72. The van der Waals surface area contributed by atoms with E-state index in [0.29, 0.717) is 11.6 Å². The van der Waals surface area contributed by atoms with Crippen LogP contribution in [0.5, 0.6) is 0 Å². The first-order valence-corrected chi connectivity index (χ1v) is 4.79. The van der Waals surface area contributed by atoms with Crippen molar-refractivity contribution in [2.24, 2.45) is 0 Å². The highest BCUT2D eigenvalue weighted by molar-refractivity contribution is 5.99. The highest BCUT2D eigenvalue weighted by atomic mass is 19.4. The Labute approximate surface area is 96.7 Å². The largest absolute Gasteiger partial charge is 0.496 e. The summed E-state index contributed by atoms with van der Waals surface area (Å²) in [7, 11) is 1.22. The first-order chi connectivity index (χ1) is 7.86. The molecule has 0 saturated carbocycles. The van der Waals surface area contributed by atoms with Crippen molar-refractivity contribution >= 4 is 11.5 Å². The van der Waals surface area contributed by atoms with E-state index in [4.69, 9.17) is 4.74 Å². The number of methoxy groups -OCH3 is 1. The van der Waals surface area contributed by atoms with Crippen LogP contribution in [0, 0.1) is 6.92 Å². The summed E-state index contributed by atoms with van der Waals surface area (Å²) in [5, 5.41) is 0. The van der Waals surface area contributed by atoms with Gasteiger partial charge in [-0.15, -0.1) is 0 Å². The van der Waals surface area contributed by atoms with Gasteiger partial charge in [-0.3, -0.25) is 4.79 Å². The number of rotatable bonds is 3. The minimum atomic E-state index is -4.88. The number of hydrogen-bond acceptors (Lipinski definition) is 2. The van der Waals surface area contributed by atoms with Gasteiger partial charge in [-0.1, -0.05) is 24.3 Å². The molecule has 0 N–H and O–H groups in total. The fraction of sp³-hybridized carbons (Fsp3) is 0.250. The van der Waals surface area contributed by atoms with Crippen LogP contribution in [-0.4, -0.2) is 19.1 Å². The Kier molecular flexibility index (Phi) is 3.93. The minimum absolute atomic E-state index is 0.0922. The van der Waals surface area contributed by atoms with Crippen LogP contribution < -0.4 is 0 Å². The van der Waals surface area contributed by atoms with Crippen molar-refractivity contribution in [3.05, 3.63) is 41.5 Å². The van der Waals surface area contributed by atoms with Crippen LogP contribution in [-0.2, 0) is 9.53 Å². The van der Waals surface area contributed by atoms with E-state index in [1.807, 2.05) is 0 Å². The Balaban J connectivity index is 3.13. The van der Waals surface area contributed by atoms with Gasteiger partial charge in [-0.2, -0.15) is 13.2 Å². The van der Waals surface area contributed by atoms with E-state index in [1.54, 1.807) is 31.2 Å². The number of alkyl halides is 3. The number of halogens is 3. The molecule has 0 radical (unpaired) electrons. The van der Waals surface area contributed by atoms with E-state index in [-0.39, 0.29) is 5.76 Å². The summed E-state index contributed by atoms with van der Waals surface area (Å²) >= 11 is 0. The molecule has 0 aromatic heterocycles. The molecule has 0 unspecified atom stereocenters. The SMILES string of the molecule is CO/C(=C\C(=O)C(F)(F)F)c1ccccc1C. The van der Waals surface area contributed by atoms with Crippen molar-refractivity contribution in [3.63, 3.8) is 0 Å². The maximum absolute atomic E-state index is 12.1. The van der Waals surface area contributed by atoms with Crippen molar-refractivity contribution in [2.75, 3.05) is 7.11 Å². The Bertz CT molecular complexity index is 447. The zero-order chi connectivity index (χ0) is 13.1.